The molecule has 0 aliphatic carbocycles. The van der Waals surface area contributed by atoms with E-state index in [2.05, 4.69) is 23.3 Å². The van der Waals surface area contributed by atoms with Crippen LogP contribution in [0.4, 0.5) is 4.79 Å². The van der Waals surface area contributed by atoms with E-state index >= 15 is 0 Å². The second-order valence-corrected chi connectivity index (χ2v) is 7.61. The summed E-state index contributed by atoms with van der Waals surface area (Å²) >= 11 is 4.23. The highest BCUT2D eigenvalue weighted by atomic mass is 32.1. The van der Waals surface area contributed by atoms with Gasteiger partial charge in [-0.15, -0.1) is 0 Å². The van der Waals surface area contributed by atoms with Crippen molar-refractivity contribution in [3.05, 3.63) is 71.8 Å². The first-order valence-corrected chi connectivity index (χ1v) is 11.2. The largest absolute Gasteiger partial charge is 0.461 e. The zero-order valence-corrected chi connectivity index (χ0v) is 19.1. The third-order valence-corrected chi connectivity index (χ3v) is 5.20. The smallest absolute Gasteiger partial charge is 0.408 e. The van der Waals surface area contributed by atoms with Crippen LogP contribution in [0, 0.1) is 0 Å². The lowest BCUT2D eigenvalue weighted by Gasteiger charge is -2.21. The van der Waals surface area contributed by atoms with Crippen LogP contribution in [-0.2, 0) is 32.3 Å². The lowest BCUT2D eigenvalue weighted by atomic mass is 10.1. The molecule has 2 aromatic carbocycles. The fraction of sp³-hybridized carbons (Fsp3) is 0.375. The molecule has 32 heavy (non-hydrogen) atoms. The van der Waals surface area contributed by atoms with Crippen molar-refractivity contribution in [3.8, 4) is 0 Å². The molecule has 8 heteroatoms. The molecule has 7 nitrogen and oxygen atoms in total. The van der Waals surface area contributed by atoms with Crippen molar-refractivity contribution in [2.75, 3.05) is 5.75 Å². The number of ether oxygens (including phenoxy) is 2. The Bertz CT molecular complexity index is 844. The van der Waals surface area contributed by atoms with Gasteiger partial charge in [0.2, 0.25) is 5.91 Å². The van der Waals surface area contributed by atoms with Gasteiger partial charge in [0.15, 0.2) is 0 Å². The minimum Gasteiger partial charge on any atom is -0.461 e. The lowest BCUT2D eigenvalue weighted by molar-refractivity contribution is -0.145. The van der Waals surface area contributed by atoms with Gasteiger partial charge in [0.05, 0.1) is 0 Å². The van der Waals surface area contributed by atoms with E-state index in [1.807, 2.05) is 67.6 Å². The number of carbonyl (C=O) groups is 3. The predicted molar refractivity (Wildman–Crippen MR) is 125 cm³/mol. The molecule has 2 N–H and O–H groups in total. The van der Waals surface area contributed by atoms with Crippen LogP contribution in [-0.4, -0.2) is 35.8 Å². The zero-order chi connectivity index (χ0) is 23.2. The molecule has 2 amide bonds. The van der Waals surface area contributed by atoms with Crippen molar-refractivity contribution in [2.45, 2.75) is 51.5 Å². The van der Waals surface area contributed by atoms with Gasteiger partial charge in [-0.3, -0.25) is 9.59 Å². The minimum atomic E-state index is -0.934. The van der Waals surface area contributed by atoms with E-state index in [4.69, 9.17) is 9.47 Å². The normalized spacial score (nSPS) is 12.3. The molecule has 0 radical (unpaired) electrons. The number of nitrogens with one attached hydrogen (secondary N) is 2. The number of rotatable bonds is 12. The molecule has 0 aliphatic heterocycles. The molecule has 0 aliphatic rings. The summed E-state index contributed by atoms with van der Waals surface area (Å²) in [5.41, 5.74) is 1.70. The van der Waals surface area contributed by atoms with Gasteiger partial charge in [0.25, 0.3) is 0 Å². The van der Waals surface area contributed by atoms with Gasteiger partial charge in [0, 0.05) is 18.2 Å². The topological polar surface area (TPSA) is 93.7 Å². The molecule has 2 atom stereocenters. The first-order valence-electron chi connectivity index (χ1n) is 10.6. The first-order chi connectivity index (χ1) is 15.5. The average Bonchev–Trinajstić information content (AvgIpc) is 2.83. The van der Waals surface area contributed by atoms with Crippen LogP contribution in [0.2, 0.25) is 0 Å². The molecule has 0 saturated heterocycles. The predicted octanol–water partition coefficient (Wildman–Crippen LogP) is 3.63. The number of hydrogen-bond acceptors (Lipinski definition) is 6. The molecule has 2 rings (SSSR count). The number of hydrogen-bond donors (Lipinski definition) is 3. The van der Waals surface area contributed by atoms with Crippen molar-refractivity contribution in [1.29, 1.82) is 0 Å². The quantitative estimate of drug-likeness (QED) is 0.334. The number of esters is 1. The summed E-state index contributed by atoms with van der Waals surface area (Å²) in [6, 6.07) is 17.5. The van der Waals surface area contributed by atoms with E-state index in [9.17, 15) is 14.4 Å². The maximum Gasteiger partial charge on any atom is 0.408 e. The van der Waals surface area contributed by atoms with E-state index in [1.165, 1.54) is 0 Å². The summed E-state index contributed by atoms with van der Waals surface area (Å²) in [5, 5.41) is 5.40. The summed E-state index contributed by atoms with van der Waals surface area (Å²) in [7, 11) is 0. The van der Waals surface area contributed by atoms with Gasteiger partial charge in [-0.1, -0.05) is 67.6 Å². The number of benzene rings is 2. The van der Waals surface area contributed by atoms with Crippen molar-refractivity contribution in [3.63, 3.8) is 0 Å². The van der Waals surface area contributed by atoms with Gasteiger partial charge in [0.1, 0.15) is 19.3 Å². The number of carbonyl (C=O) groups excluding carboxylic acids is 3. The van der Waals surface area contributed by atoms with E-state index in [0.29, 0.717) is 12.2 Å². The van der Waals surface area contributed by atoms with Crippen LogP contribution in [0.5, 0.6) is 0 Å². The van der Waals surface area contributed by atoms with Crippen LogP contribution in [0.1, 0.15) is 37.3 Å². The molecule has 0 aromatic heterocycles. The Hall–Kier alpha value is -3.00. The zero-order valence-electron chi connectivity index (χ0n) is 18.2. The van der Waals surface area contributed by atoms with Crippen molar-refractivity contribution >= 4 is 30.6 Å². The summed E-state index contributed by atoms with van der Waals surface area (Å²) < 4.78 is 10.5. The molecule has 0 spiro atoms. The molecule has 0 fully saturated rings. The highest BCUT2D eigenvalue weighted by Crippen LogP contribution is 2.07. The van der Waals surface area contributed by atoms with Crippen molar-refractivity contribution in [2.24, 2.45) is 0 Å². The van der Waals surface area contributed by atoms with Gasteiger partial charge in [-0.25, -0.2) is 4.79 Å². The number of amides is 2. The van der Waals surface area contributed by atoms with Gasteiger partial charge >= 0.3 is 12.1 Å². The molecule has 0 saturated carbocycles. The Balaban J connectivity index is 1.89. The SMILES string of the molecule is CCC(CS)NC(=O)[C@H](CCC(=O)OCc1ccccc1)NC(=O)OCc1ccccc1. The summed E-state index contributed by atoms with van der Waals surface area (Å²) in [6.07, 6.45) is 0.0230. The Kier molecular flexibility index (Phi) is 11.2. The fourth-order valence-electron chi connectivity index (χ4n) is 2.83. The molecule has 2 aromatic rings. The Morgan fingerprint density at radius 3 is 1.97 bits per heavy atom. The van der Waals surface area contributed by atoms with E-state index in [-0.39, 0.29) is 32.1 Å². The van der Waals surface area contributed by atoms with Crippen molar-refractivity contribution < 1.29 is 23.9 Å². The van der Waals surface area contributed by atoms with Crippen LogP contribution in [0.25, 0.3) is 0 Å². The highest BCUT2D eigenvalue weighted by molar-refractivity contribution is 7.80. The molecule has 0 bridgehead atoms. The summed E-state index contributed by atoms with van der Waals surface area (Å²) in [5.74, 6) is -0.377. The first kappa shape index (κ1) is 25.3. The maximum atomic E-state index is 12.7. The molecular weight excluding hydrogens is 428 g/mol. The second-order valence-electron chi connectivity index (χ2n) is 7.24. The molecular formula is C24H30N2O5S. The Morgan fingerprint density at radius 2 is 1.44 bits per heavy atom. The highest BCUT2D eigenvalue weighted by Gasteiger charge is 2.24. The number of alkyl carbamates (subject to hydrolysis) is 1. The Labute approximate surface area is 194 Å². The van der Waals surface area contributed by atoms with E-state index in [0.717, 1.165) is 11.1 Å². The molecule has 172 valence electrons. The summed E-state index contributed by atoms with van der Waals surface area (Å²) in [4.78, 5) is 37.1. The van der Waals surface area contributed by atoms with Crippen LogP contribution in [0.3, 0.4) is 0 Å². The van der Waals surface area contributed by atoms with E-state index < -0.39 is 24.0 Å². The monoisotopic (exact) mass is 458 g/mol. The maximum absolute atomic E-state index is 12.7. The van der Waals surface area contributed by atoms with Gasteiger partial charge in [-0.05, 0) is 24.0 Å². The second kappa shape index (κ2) is 14.1. The third-order valence-electron chi connectivity index (χ3n) is 4.76. The number of thiol groups is 1. The molecule has 1 unspecified atom stereocenters. The lowest BCUT2D eigenvalue weighted by Crippen LogP contribution is -2.50. The van der Waals surface area contributed by atoms with Crippen LogP contribution >= 0.6 is 12.6 Å². The van der Waals surface area contributed by atoms with Gasteiger partial charge in [-0.2, -0.15) is 12.6 Å². The standard InChI is InChI=1S/C24H30N2O5S/c1-2-20(17-32)25-23(28)21(26-24(29)31-16-19-11-7-4-8-12-19)13-14-22(27)30-15-18-9-5-3-6-10-18/h3-12,20-21,32H,2,13-17H2,1H3,(H,25,28)(H,26,29)/t20?,21-/m0/s1. The molecule has 0 heterocycles. The van der Waals surface area contributed by atoms with Crippen molar-refractivity contribution in [1.82, 2.24) is 10.6 Å². The van der Waals surface area contributed by atoms with Gasteiger partial charge < -0.3 is 20.1 Å². The minimum absolute atomic E-state index is 0.0262. The Morgan fingerprint density at radius 1 is 0.875 bits per heavy atom. The van der Waals surface area contributed by atoms with Crippen LogP contribution in [0.15, 0.2) is 60.7 Å². The van der Waals surface area contributed by atoms with Crippen LogP contribution < -0.4 is 10.6 Å². The van der Waals surface area contributed by atoms with E-state index in [1.54, 1.807) is 0 Å². The third kappa shape index (κ3) is 9.43. The summed E-state index contributed by atoms with van der Waals surface area (Å²) in [6.45, 7) is 2.16. The average molecular weight is 459 g/mol. The fourth-order valence-corrected chi connectivity index (χ4v) is 3.18.